The maximum atomic E-state index is 13.2. The summed E-state index contributed by atoms with van der Waals surface area (Å²) in [5.74, 6) is -0.981. The van der Waals surface area contributed by atoms with Gasteiger partial charge in [0.2, 0.25) is 5.91 Å². The highest BCUT2D eigenvalue weighted by atomic mass is 35.5. The lowest BCUT2D eigenvalue weighted by Crippen LogP contribution is -2.30. The summed E-state index contributed by atoms with van der Waals surface area (Å²) in [6.07, 6.45) is 1.59. The molecule has 0 aromatic heterocycles. The quantitative estimate of drug-likeness (QED) is 0.147. The van der Waals surface area contributed by atoms with E-state index < -0.39 is 11.8 Å². The Balaban J connectivity index is 1.42. The van der Waals surface area contributed by atoms with Gasteiger partial charge in [-0.25, -0.2) is 0 Å². The average molecular weight is 570 g/mol. The molecule has 0 spiro atoms. The van der Waals surface area contributed by atoms with Gasteiger partial charge < -0.3 is 16.0 Å². The summed E-state index contributed by atoms with van der Waals surface area (Å²) in [5.41, 5.74) is 3.59. The number of hydrogen-bond donors (Lipinski definition) is 3. The molecule has 40 heavy (non-hydrogen) atoms. The van der Waals surface area contributed by atoms with E-state index in [2.05, 4.69) is 16.0 Å². The summed E-state index contributed by atoms with van der Waals surface area (Å²) in [6, 6.07) is 30.4. The van der Waals surface area contributed by atoms with Crippen LogP contribution in [0.4, 0.5) is 11.4 Å². The normalized spacial score (nSPS) is 11.8. The molecule has 8 heteroatoms. The molecule has 0 heterocycles. The van der Waals surface area contributed by atoms with Crippen LogP contribution in [-0.4, -0.2) is 23.0 Å². The topological polar surface area (TPSA) is 87.3 Å². The van der Waals surface area contributed by atoms with Gasteiger partial charge in [-0.15, -0.1) is 11.8 Å². The summed E-state index contributed by atoms with van der Waals surface area (Å²) in [6.45, 7) is 3.82. The van der Waals surface area contributed by atoms with Crippen molar-refractivity contribution in [3.8, 4) is 0 Å². The molecule has 3 amide bonds. The van der Waals surface area contributed by atoms with Gasteiger partial charge in [0.1, 0.15) is 5.70 Å². The van der Waals surface area contributed by atoms with Gasteiger partial charge in [-0.1, -0.05) is 54.1 Å². The second-order valence-electron chi connectivity index (χ2n) is 9.03. The molecule has 4 aromatic rings. The van der Waals surface area contributed by atoms with Gasteiger partial charge >= 0.3 is 0 Å². The molecule has 0 aliphatic heterocycles. The van der Waals surface area contributed by atoms with Crippen LogP contribution in [0.5, 0.6) is 0 Å². The molecule has 3 N–H and O–H groups in total. The first-order valence-corrected chi connectivity index (χ1v) is 13.8. The van der Waals surface area contributed by atoms with Crippen molar-refractivity contribution in [1.29, 1.82) is 0 Å². The minimum absolute atomic E-state index is 0.0797. The van der Waals surface area contributed by atoms with Crippen molar-refractivity contribution >= 4 is 58.5 Å². The Morgan fingerprint density at radius 3 is 2.17 bits per heavy atom. The van der Waals surface area contributed by atoms with E-state index in [1.807, 2.05) is 56.3 Å². The Bertz CT molecular complexity index is 1520. The second kappa shape index (κ2) is 13.6. The highest BCUT2D eigenvalue weighted by Crippen LogP contribution is 2.26. The number of carbonyl (C=O) groups is 3. The van der Waals surface area contributed by atoms with Gasteiger partial charge in [0.05, 0.1) is 5.25 Å². The van der Waals surface area contributed by atoms with Crippen LogP contribution in [0.3, 0.4) is 0 Å². The first-order valence-electron chi connectivity index (χ1n) is 12.6. The van der Waals surface area contributed by atoms with Gasteiger partial charge in [0, 0.05) is 26.9 Å². The van der Waals surface area contributed by atoms with Crippen LogP contribution in [0, 0.1) is 6.92 Å². The minimum atomic E-state index is -0.481. The highest BCUT2D eigenvalue weighted by Gasteiger charge is 2.17. The fraction of sp³-hybridized carbons (Fsp3) is 0.0938. The zero-order valence-electron chi connectivity index (χ0n) is 22.0. The van der Waals surface area contributed by atoms with E-state index in [0.717, 1.165) is 16.1 Å². The maximum absolute atomic E-state index is 13.2. The van der Waals surface area contributed by atoms with E-state index in [4.69, 9.17) is 11.6 Å². The standard InChI is InChI=1S/C32H28ClN3O3S/c1-21-7-6-10-27(19-21)35-30(37)22(2)40-28-17-15-26(16-18-28)34-32(39)29(20-23-11-13-25(33)14-12-23)36-31(38)24-8-4-3-5-9-24/h3-20,22H,1-2H3,(H,34,39)(H,35,37)(H,36,38)/b29-20-. The first kappa shape index (κ1) is 28.7. The zero-order chi connectivity index (χ0) is 28.5. The highest BCUT2D eigenvalue weighted by molar-refractivity contribution is 8.00. The number of thioether (sulfide) groups is 1. The number of anilines is 2. The van der Waals surface area contributed by atoms with E-state index >= 15 is 0 Å². The first-order chi connectivity index (χ1) is 19.3. The lowest BCUT2D eigenvalue weighted by molar-refractivity contribution is -0.115. The molecule has 4 aromatic carbocycles. The van der Waals surface area contributed by atoms with Crippen LogP contribution in [0.25, 0.3) is 6.08 Å². The molecule has 0 radical (unpaired) electrons. The predicted molar refractivity (Wildman–Crippen MR) is 164 cm³/mol. The van der Waals surface area contributed by atoms with Gasteiger partial charge in [-0.2, -0.15) is 0 Å². The molecule has 6 nitrogen and oxygen atoms in total. The van der Waals surface area contributed by atoms with Crippen molar-refractivity contribution < 1.29 is 14.4 Å². The molecule has 1 atom stereocenters. The largest absolute Gasteiger partial charge is 0.325 e. The fourth-order valence-electron chi connectivity index (χ4n) is 3.71. The molecule has 1 unspecified atom stereocenters. The lowest BCUT2D eigenvalue weighted by atomic mass is 10.1. The van der Waals surface area contributed by atoms with E-state index in [1.54, 1.807) is 66.7 Å². The maximum Gasteiger partial charge on any atom is 0.272 e. The van der Waals surface area contributed by atoms with Gasteiger partial charge in [0.15, 0.2) is 0 Å². The molecule has 0 bridgehead atoms. The van der Waals surface area contributed by atoms with Crippen molar-refractivity contribution in [2.45, 2.75) is 24.0 Å². The Morgan fingerprint density at radius 2 is 1.50 bits per heavy atom. The summed E-state index contributed by atoms with van der Waals surface area (Å²) in [7, 11) is 0. The lowest BCUT2D eigenvalue weighted by Gasteiger charge is -2.14. The molecule has 0 aliphatic rings. The SMILES string of the molecule is Cc1cccc(NC(=O)C(C)Sc2ccc(NC(=O)/C(=C/c3ccc(Cl)cc3)NC(=O)c3ccccc3)cc2)c1. The van der Waals surface area contributed by atoms with Gasteiger partial charge in [-0.3, -0.25) is 14.4 Å². The minimum Gasteiger partial charge on any atom is -0.325 e. The van der Waals surface area contributed by atoms with E-state index in [-0.39, 0.29) is 16.9 Å². The second-order valence-corrected chi connectivity index (χ2v) is 10.9. The summed E-state index contributed by atoms with van der Waals surface area (Å²) < 4.78 is 0. The fourth-order valence-corrected chi connectivity index (χ4v) is 4.70. The molecule has 0 fully saturated rings. The van der Waals surface area contributed by atoms with Gasteiger partial charge in [0.25, 0.3) is 11.8 Å². The molecular formula is C32H28ClN3O3S. The van der Waals surface area contributed by atoms with Gasteiger partial charge in [-0.05, 0) is 91.7 Å². The number of aryl methyl sites for hydroxylation is 1. The molecule has 202 valence electrons. The van der Waals surface area contributed by atoms with Crippen molar-refractivity contribution in [3.63, 3.8) is 0 Å². The van der Waals surface area contributed by atoms with Crippen LogP contribution in [-0.2, 0) is 9.59 Å². The number of nitrogens with one attached hydrogen (secondary N) is 3. The Morgan fingerprint density at radius 1 is 0.800 bits per heavy atom. The monoisotopic (exact) mass is 569 g/mol. The molecule has 0 aliphatic carbocycles. The van der Waals surface area contributed by atoms with Crippen molar-refractivity contribution in [2.75, 3.05) is 10.6 Å². The average Bonchev–Trinajstić information content (AvgIpc) is 2.95. The Labute approximate surface area is 242 Å². The van der Waals surface area contributed by atoms with Crippen LogP contribution in [0.2, 0.25) is 5.02 Å². The predicted octanol–water partition coefficient (Wildman–Crippen LogP) is 7.18. The van der Waals surface area contributed by atoms with E-state index in [1.165, 1.54) is 11.8 Å². The number of amides is 3. The number of benzene rings is 4. The smallest absolute Gasteiger partial charge is 0.272 e. The Kier molecular flexibility index (Phi) is 9.78. The van der Waals surface area contributed by atoms with Crippen LogP contribution in [0.15, 0.2) is 114 Å². The number of carbonyl (C=O) groups excluding carboxylic acids is 3. The number of hydrogen-bond acceptors (Lipinski definition) is 4. The van der Waals surface area contributed by atoms with E-state index in [0.29, 0.717) is 21.8 Å². The molecule has 0 saturated heterocycles. The third kappa shape index (κ3) is 8.33. The summed E-state index contributed by atoms with van der Waals surface area (Å²) in [5, 5.41) is 8.73. The third-order valence-electron chi connectivity index (χ3n) is 5.79. The molecule has 0 saturated carbocycles. The van der Waals surface area contributed by atoms with Crippen LogP contribution < -0.4 is 16.0 Å². The number of rotatable bonds is 9. The van der Waals surface area contributed by atoms with Crippen LogP contribution >= 0.6 is 23.4 Å². The molecular weight excluding hydrogens is 542 g/mol. The summed E-state index contributed by atoms with van der Waals surface area (Å²) >= 11 is 7.41. The summed E-state index contributed by atoms with van der Waals surface area (Å²) in [4.78, 5) is 39.5. The van der Waals surface area contributed by atoms with Crippen molar-refractivity contribution in [3.05, 3.63) is 131 Å². The Hall–Kier alpha value is -4.33. The van der Waals surface area contributed by atoms with Crippen molar-refractivity contribution in [2.24, 2.45) is 0 Å². The number of halogens is 1. The molecule has 4 rings (SSSR count). The van der Waals surface area contributed by atoms with Crippen LogP contribution in [0.1, 0.15) is 28.4 Å². The zero-order valence-corrected chi connectivity index (χ0v) is 23.6. The van der Waals surface area contributed by atoms with E-state index in [9.17, 15) is 14.4 Å². The van der Waals surface area contributed by atoms with Crippen molar-refractivity contribution in [1.82, 2.24) is 5.32 Å². The third-order valence-corrected chi connectivity index (χ3v) is 7.15.